The number of unbranched alkanes of at least 4 members (excludes halogenated alkanes) is 1. The van der Waals surface area contributed by atoms with Crippen LogP contribution in [-0.2, 0) is 19.3 Å². The van der Waals surface area contributed by atoms with Gasteiger partial charge in [0.15, 0.2) is 0 Å². The molecule has 0 radical (unpaired) electrons. The molecule has 0 heteroatoms. The minimum absolute atomic E-state index is 1.01. The fourth-order valence-electron chi connectivity index (χ4n) is 9.19. The number of hydrogen-bond donors (Lipinski definition) is 0. The predicted molar refractivity (Wildman–Crippen MR) is 189 cm³/mol. The van der Waals surface area contributed by atoms with E-state index in [1.165, 1.54) is 128 Å². The molecule has 0 nitrogen and oxygen atoms in total. The highest BCUT2D eigenvalue weighted by molar-refractivity contribution is 6.27. The zero-order chi connectivity index (χ0) is 28.7. The molecule has 0 saturated carbocycles. The first-order valence-electron chi connectivity index (χ1n) is 16.3. The average molecular weight is 559 g/mol. The van der Waals surface area contributed by atoms with Crippen molar-refractivity contribution < 1.29 is 0 Å². The maximum Gasteiger partial charge on any atom is -0.000705 e. The first-order chi connectivity index (χ1) is 21.7. The van der Waals surface area contributed by atoms with Crippen LogP contribution in [0, 0.1) is 0 Å². The van der Waals surface area contributed by atoms with E-state index >= 15 is 0 Å². The lowest BCUT2D eigenvalue weighted by Crippen LogP contribution is -1.94. The third-order valence-electron chi connectivity index (χ3n) is 11.2. The lowest BCUT2D eigenvalue weighted by atomic mass is 9.86. The number of aryl methyl sites for hydroxylation is 1. The summed E-state index contributed by atoms with van der Waals surface area (Å²) in [7, 11) is 0. The van der Waals surface area contributed by atoms with E-state index in [9.17, 15) is 0 Å². The Hall–Kier alpha value is -4.94. The van der Waals surface area contributed by atoms with Crippen molar-refractivity contribution in [1.29, 1.82) is 0 Å². The summed E-state index contributed by atoms with van der Waals surface area (Å²) in [5, 5.41) is 16.9. The molecule has 0 fully saturated rings. The van der Waals surface area contributed by atoms with Crippen LogP contribution < -0.4 is 0 Å². The van der Waals surface area contributed by atoms with E-state index in [-0.39, 0.29) is 0 Å². The van der Waals surface area contributed by atoms with Crippen LogP contribution in [-0.4, -0.2) is 0 Å². The summed E-state index contributed by atoms with van der Waals surface area (Å²) in [6.07, 6.45) is 5.61. The van der Waals surface area contributed by atoms with Crippen LogP contribution in [0.25, 0.3) is 86.9 Å². The Balaban J connectivity index is 1.14. The average Bonchev–Trinajstić information content (AvgIpc) is 3.61. The molecule has 0 heterocycles. The van der Waals surface area contributed by atoms with E-state index in [2.05, 4.69) is 110 Å². The molecule has 206 valence electrons. The summed E-state index contributed by atoms with van der Waals surface area (Å²) in [5.41, 5.74) is 13.3. The Labute approximate surface area is 256 Å². The molecular weight excluding hydrogens is 528 g/mol. The van der Waals surface area contributed by atoms with Gasteiger partial charge in [-0.3, -0.25) is 0 Å². The van der Waals surface area contributed by atoms with Gasteiger partial charge in [0.1, 0.15) is 0 Å². The highest BCUT2D eigenvalue weighted by Crippen LogP contribution is 2.51. The van der Waals surface area contributed by atoms with Gasteiger partial charge in [-0.05, 0) is 165 Å². The summed E-state index contributed by atoms with van der Waals surface area (Å²) in [5.74, 6) is 0. The summed E-state index contributed by atoms with van der Waals surface area (Å²) >= 11 is 0. The molecule has 0 unspecified atom stereocenters. The lowest BCUT2D eigenvalue weighted by Gasteiger charge is -2.17. The van der Waals surface area contributed by atoms with Gasteiger partial charge in [0.05, 0.1) is 0 Å². The highest BCUT2D eigenvalue weighted by Gasteiger charge is 2.29. The zero-order valence-corrected chi connectivity index (χ0v) is 24.9. The number of rotatable bonds is 3. The van der Waals surface area contributed by atoms with Gasteiger partial charge in [-0.15, -0.1) is 0 Å². The van der Waals surface area contributed by atoms with Crippen LogP contribution in [0.4, 0.5) is 0 Å². The molecule has 2 aliphatic rings. The summed E-state index contributed by atoms with van der Waals surface area (Å²) in [4.78, 5) is 0. The molecule has 9 aromatic carbocycles. The molecule has 2 aliphatic carbocycles. The van der Waals surface area contributed by atoms with Gasteiger partial charge in [-0.1, -0.05) is 92.2 Å². The largest absolute Gasteiger partial charge is 0.0654 e. The van der Waals surface area contributed by atoms with Gasteiger partial charge >= 0.3 is 0 Å². The van der Waals surface area contributed by atoms with Crippen molar-refractivity contribution in [3.63, 3.8) is 0 Å². The normalized spacial score (nSPS) is 13.7. The van der Waals surface area contributed by atoms with Crippen LogP contribution in [0.15, 0.2) is 103 Å². The monoisotopic (exact) mass is 558 g/mol. The van der Waals surface area contributed by atoms with E-state index in [1.54, 1.807) is 0 Å². The van der Waals surface area contributed by atoms with Crippen molar-refractivity contribution in [3.8, 4) is 22.3 Å². The van der Waals surface area contributed by atoms with E-state index < -0.39 is 0 Å². The van der Waals surface area contributed by atoms with E-state index in [4.69, 9.17) is 0 Å². The second kappa shape index (κ2) is 8.16. The van der Waals surface area contributed by atoms with Crippen LogP contribution >= 0.6 is 0 Å². The standard InChI is InChI=1S/C44H30/c1-2-3-6-27-17-28-10-5-9-26-14-16-33-38-22-31-19-34-30(20-35(31)40(38)23-36(27)44(33)42(26)28)21-37-32-15-13-25-8-4-7-24-11-12-29(18-39(34)37)43(32)41(24)25/h4-5,7-20,23H,2-3,6,21-22H2,1H3. The van der Waals surface area contributed by atoms with Crippen molar-refractivity contribution >= 4 is 64.6 Å². The third-order valence-corrected chi connectivity index (χ3v) is 11.2. The third kappa shape index (κ3) is 2.85. The van der Waals surface area contributed by atoms with Crippen LogP contribution in [0.5, 0.6) is 0 Å². The van der Waals surface area contributed by atoms with E-state index in [1.807, 2.05) is 0 Å². The van der Waals surface area contributed by atoms with Crippen molar-refractivity contribution in [1.82, 2.24) is 0 Å². The molecule has 0 spiro atoms. The molecule has 44 heavy (non-hydrogen) atoms. The SMILES string of the molecule is CCCCc1cc2cccc3ccc4c5c(cc1c4c32)-c1cc2c(cc1C5)-c1cc3ccc4cccc5ccc(c1C2)c3c45. The van der Waals surface area contributed by atoms with Crippen LogP contribution in [0.2, 0.25) is 0 Å². The molecule has 0 N–H and O–H groups in total. The fourth-order valence-corrected chi connectivity index (χ4v) is 9.19. The maximum atomic E-state index is 2.57. The Morgan fingerprint density at radius 3 is 1.68 bits per heavy atom. The zero-order valence-electron chi connectivity index (χ0n) is 24.9. The topological polar surface area (TPSA) is 0 Å². The van der Waals surface area contributed by atoms with Gasteiger partial charge in [0, 0.05) is 0 Å². The second-order valence-corrected chi connectivity index (χ2v) is 13.4. The highest BCUT2D eigenvalue weighted by atomic mass is 14.3. The minimum Gasteiger partial charge on any atom is -0.0654 e. The van der Waals surface area contributed by atoms with Gasteiger partial charge in [0.25, 0.3) is 0 Å². The van der Waals surface area contributed by atoms with Gasteiger partial charge < -0.3 is 0 Å². The van der Waals surface area contributed by atoms with Crippen LogP contribution in [0.1, 0.15) is 47.6 Å². The Bertz CT molecular complexity index is 2670. The Kier molecular flexibility index (Phi) is 4.36. The first kappa shape index (κ1) is 23.5. The van der Waals surface area contributed by atoms with Crippen molar-refractivity contribution in [2.45, 2.75) is 39.0 Å². The predicted octanol–water partition coefficient (Wildman–Crippen LogP) is 12.0. The van der Waals surface area contributed by atoms with Gasteiger partial charge in [-0.25, -0.2) is 0 Å². The molecule has 0 bridgehead atoms. The molecule has 11 rings (SSSR count). The summed E-state index contributed by atoms with van der Waals surface area (Å²) in [6, 6.07) is 40.3. The number of fused-ring (bicyclic) bond motifs is 8. The molecule has 0 atom stereocenters. The molecular formula is C44H30. The van der Waals surface area contributed by atoms with E-state index in [0.29, 0.717) is 0 Å². The molecule has 9 aromatic rings. The van der Waals surface area contributed by atoms with Crippen LogP contribution in [0.3, 0.4) is 0 Å². The smallest absolute Gasteiger partial charge is 0.000705 e. The van der Waals surface area contributed by atoms with Crippen molar-refractivity contribution in [2.24, 2.45) is 0 Å². The lowest BCUT2D eigenvalue weighted by molar-refractivity contribution is 0.799. The molecule has 0 amide bonds. The van der Waals surface area contributed by atoms with Crippen molar-refractivity contribution in [3.05, 3.63) is 131 Å². The summed E-state index contributed by atoms with van der Waals surface area (Å²) < 4.78 is 0. The molecule has 0 aliphatic heterocycles. The number of benzene rings is 9. The van der Waals surface area contributed by atoms with Gasteiger partial charge in [0.2, 0.25) is 0 Å². The van der Waals surface area contributed by atoms with E-state index in [0.717, 1.165) is 19.3 Å². The second-order valence-electron chi connectivity index (χ2n) is 13.4. The Morgan fingerprint density at radius 1 is 0.455 bits per heavy atom. The van der Waals surface area contributed by atoms with Crippen molar-refractivity contribution in [2.75, 3.05) is 0 Å². The number of hydrogen-bond acceptors (Lipinski definition) is 0. The minimum atomic E-state index is 1.01. The first-order valence-corrected chi connectivity index (χ1v) is 16.3. The quantitative estimate of drug-likeness (QED) is 0.189. The maximum absolute atomic E-state index is 2.57. The van der Waals surface area contributed by atoms with Gasteiger partial charge in [-0.2, -0.15) is 0 Å². The molecule has 0 saturated heterocycles. The Morgan fingerprint density at radius 2 is 1.00 bits per heavy atom. The fraction of sp³-hybridized carbons (Fsp3) is 0.136. The summed E-state index contributed by atoms with van der Waals surface area (Å²) in [6.45, 7) is 2.31. The molecule has 0 aromatic heterocycles.